The molecule has 0 radical (unpaired) electrons. The predicted octanol–water partition coefficient (Wildman–Crippen LogP) is 10.3. The summed E-state index contributed by atoms with van der Waals surface area (Å²) in [6.07, 6.45) is 3.36. The normalized spacial score (nSPS) is 11.0. The largest absolute Gasteiger partial charge is 0.256 e. The van der Waals surface area contributed by atoms with Crippen LogP contribution in [0.4, 0.5) is 0 Å². The van der Waals surface area contributed by atoms with Crippen molar-refractivity contribution < 1.29 is 0 Å². The Labute approximate surface area is 266 Å². The highest BCUT2D eigenvalue weighted by Crippen LogP contribution is 2.46. The first-order valence-corrected chi connectivity index (χ1v) is 15.0. The molecule has 0 unspecified atom stereocenters. The summed E-state index contributed by atoms with van der Waals surface area (Å²) in [5, 5.41) is 25.9. The Morgan fingerprint density at radius 3 is 1.46 bits per heavy atom. The molecule has 0 N–H and O–H groups in total. The Bertz CT molecular complexity index is 2530. The van der Waals surface area contributed by atoms with Crippen molar-refractivity contribution in [3.05, 3.63) is 157 Å². The van der Waals surface area contributed by atoms with Gasteiger partial charge in [-0.25, -0.2) is 0 Å². The van der Waals surface area contributed by atoms with Gasteiger partial charge in [0.2, 0.25) is 0 Å². The molecule has 0 fully saturated rings. The summed E-state index contributed by atoms with van der Waals surface area (Å²) in [6.45, 7) is 0. The van der Waals surface area contributed by atoms with E-state index in [9.17, 15) is 10.5 Å². The van der Waals surface area contributed by atoms with Gasteiger partial charge in [-0.15, -0.1) is 0 Å². The molecule has 2 heterocycles. The molecule has 0 spiro atoms. The van der Waals surface area contributed by atoms with Crippen LogP contribution in [0.3, 0.4) is 0 Å². The van der Waals surface area contributed by atoms with Crippen molar-refractivity contribution in [1.29, 1.82) is 10.5 Å². The van der Waals surface area contributed by atoms with E-state index in [2.05, 4.69) is 131 Å². The number of fused-ring (bicyclic) bond motifs is 4. The van der Waals surface area contributed by atoms with E-state index in [4.69, 9.17) is 0 Å². The SMILES string of the molecule is N#Cc1ccnc(-c2ccc(-c3c4ccccc4c(-c4ccc(-c5cc(C#N)ccn5)cc4)c4c3ccc3ccccc34)cc2)c1. The molecule has 4 nitrogen and oxygen atoms in total. The van der Waals surface area contributed by atoms with Crippen molar-refractivity contribution in [3.8, 4) is 56.9 Å². The highest BCUT2D eigenvalue weighted by Gasteiger charge is 2.19. The Kier molecular flexibility index (Phi) is 6.53. The highest BCUT2D eigenvalue weighted by atomic mass is 14.7. The molecular formula is C42H24N4. The molecule has 46 heavy (non-hydrogen) atoms. The van der Waals surface area contributed by atoms with Crippen LogP contribution >= 0.6 is 0 Å². The Hall–Kier alpha value is -6.62. The molecule has 0 bridgehead atoms. The van der Waals surface area contributed by atoms with Crippen molar-refractivity contribution in [2.75, 3.05) is 0 Å². The topological polar surface area (TPSA) is 73.4 Å². The zero-order valence-corrected chi connectivity index (χ0v) is 24.6. The Morgan fingerprint density at radius 1 is 0.413 bits per heavy atom. The zero-order chi connectivity index (χ0) is 31.0. The maximum atomic E-state index is 9.39. The minimum Gasteiger partial charge on any atom is -0.256 e. The summed E-state index contributed by atoms with van der Waals surface area (Å²) < 4.78 is 0. The highest BCUT2D eigenvalue weighted by molar-refractivity contribution is 6.27. The third-order valence-corrected chi connectivity index (χ3v) is 8.63. The molecule has 6 aromatic carbocycles. The van der Waals surface area contributed by atoms with Gasteiger partial charge in [-0.05, 0) is 78.8 Å². The fourth-order valence-corrected chi connectivity index (χ4v) is 6.49. The molecule has 2 aromatic heterocycles. The summed E-state index contributed by atoms with van der Waals surface area (Å²) in [7, 11) is 0. The summed E-state index contributed by atoms with van der Waals surface area (Å²) in [4.78, 5) is 9.01. The third-order valence-electron chi connectivity index (χ3n) is 8.63. The number of hydrogen-bond acceptors (Lipinski definition) is 4. The van der Waals surface area contributed by atoms with Crippen LogP contribution in [0.2, 0.25) is 0 Å². The molecule has 0 aliphatic rings. The van der Waals surface area contributed by atoms with Gasteiger partial charge in [0.25, 0.3) is 0 Å². The summed E-state index contributed by atoms with van der Waals surface area (Å²) in [6, 6.07) is 50.2. The van der Waals surface area contributed by atoms with Gasteiger partial charge >= 0.3 is 0 Å². The lowest BCUT2D eigenvalue weighted by Crippen LogP contribution is -1.93. The molecule has 0 aliphatic heterocycles. The van der Waals surface area contributed by atoms with E-state index in [1.54, 1.807) is 24.5 Å². The first kappa shape index (κ1) is 27.0. The fraction of sp³-hybridized carbons (Fsp3) is 0. The Balaban J connectivity index is 1.37. The monoisotopic (exact) mass is 584 g/mol. The molecule has 0 amide bonds. The minimum absolute atomic E-state index is 0.591. The first-order valence-electron chi connectivity index (χ1n) is 15.0. The van der Waals surface area contributed by atoms with Crippen LogP contribution in [0.5, 0.6) is 0 Å². The molecule has 0 saturated carbocycles. The number of aromatic nitrogens is 2. The molecule has 8 aromatic rings. The van der Waals surface area contributed by atoms with E-state index in [1.807, 2.05) is 12.1 Å². The maximum absolute atomic E-state index is 9.39. The number of pyridine rings is 2. The van der Waals surface area contributed by atoms with Crippen LogP contribution in [0, 0.1) is 22.7 Å². The number of nitrogens with zero attached hydrogens (tertiary/aromatic N) is 4. The molecule has 212 valence electrons. The van der Waals surface area contributed by atoms with E-state index in [0.717, 1.165) is 33.6 Å². The second-order valence-electron chi connectivity index (χ2n) is 11.2. The van der Waals surface area contributed by atoms with E-state index in [-0.39, 0.29) is 0 Å². The number of rotatable bonds is 4. The summed E-state index contributed by atoms with van der Waals surface area (Å²) >= 11 is 0. The Morgan fingerprint density at radius 2 is 0.891 bits per heavy atom. The predicted molar refractivity (Wildman–Crippen MR) is 186 cm³/mol. The van der Waals surface area contributed by atoms with Crippen LogP contribution in [0.25, 0.3) is 77.1 Å². The second kappa shape index (κ2) is 11.1. The number of hydrogen-bond donors (Lipinski definition) is 0. The van der Waals surface area contributed by atoms with Crippen LogP contribution < -0.4 is 0 Å². The van der Waals surface area contributed by atoms with Crippen molar-refractivity contribution in [1.82, 2.24) is 9.97 Å². The van der Waals surface area contributed by atoms with Crippen molar-refractivity contribution in [2.24, 2.45) is 0 Å². The summed E-state index contributed by atoms with van der Waals surface area (Å²) in [5.74, 6) is 0. The lowest BCUT2D eigenvalue weighted by Gasteiger charge is -2.19. The van der Waals surface area contributed by atoms with E-state index >= 15 is 0 Å². The van der Waals surface area contributed by atoms with Crippen molar-refractivity contribution in [2.45, 2.75) is 0 Å². The van der Waals surface area contributed by atoms with Crippen LogP contribution in [0.15, 0.2) is 146 Å². The molecule has 4 heteroatoms. The smallest absolute Gasteiger partial charge is 0.0992 e. The van der Waals surface area contributed by atoms with Crippen LogP contribution in [-0.2, 0) is 0 Å². The van der Waals surface area contributed by atoms with Gasteiger partial charge in [-0.2, -0.15) is 10.5 Å². The van der Waals surface area contributed by atoms with Crippen LogP contribution in [0.1, 0.15) is 11.1 Å². The quantitative estimate of drug-likeness (QED) is 0.152. The lowest BCUT2D eigenvalue weighted by atomic mass is 9.83. The average Bonchev–Trinajstić information content (AvgIpc) is 3.14. The van der Waals surface area contributed by atoms with E-state index in [0.29, 0.717) is 11.1 Å². The summed E-state index contributed by atoms with van der Waals surface area (Å²) in [5.41, 5.74) is 9.26. The van der Waals surface area contributed by atoms with E-state index in [1.165, 1.54) is 43.4 Å². The van der Waals surface area contributed by atoms with Gasteiger partial charge in [0.05, 0.1) is 34.7 Å². The minimum atomic E-state index is 0.591. The third kappa shape index (κ3) is 4.54. The second-order valence-corrected chi connectivity index (χ2v) is 11.2. The molecule has 0 saturated heterocycles. The van der Waals surface area contributed by atoms with Gasteiger partial charge in [-0.3, -0.25) is 9.97 Å². The van der Waals surface area contributed by atoms with Crippen molar-refractivity contribution in [3.63, 3.8) is 0 Å². The number of nitriles is 2. The van der Waals surface area contributed by atoms with Gasteiger partial charge < -0.3 is 0 Å². The molecular weight excluding hydrogens is 560 g/mol. The van der Waals surface area contributed by atoms with Crippen molar-refractivity contribution >= 4 is 32.3 Å². The van der Waals surface area contributed by atoms with Gasteiger partial charge in [-0.1, -0.05) is 109 Å². The van der Waals surface area contributed by atoms with Gasteiger partial charge in [0.15, 0.2) is 0 Å². The molecule has 8 rings (SSSR count). The zero-order valence-electron chi connectivity index (χ0n) is 24.6. The van der Waals surface area contributed by atoms with E-state index < -0.39 is 0 Å². The lowest BCUT2D eigenvalue weighted by molar-refractivity contribution is 1.31. The average molecular weight is 585 g/mol. The number of benzene rings is 6. The fourth-order valence-electron chi connectivity index (χ4n) is 6.49. The standard InChI is InChI=1S/C42H24N4/c43-25-27-19-21-45-38(23-27)30-9-13-32(14-10-30)40-35-7-3-4-8-36(35)41(42-34-6-2-1-5-29(34)17-18-37(40)42)33-15-11-31(12-16-33)39-24-28(26-44)20-22-46-39/h1-24H. The van der Waals surface area contributed by atoms with Gasteiger partial charge in [0, 0.05) is 23.5 Å². The molecule has 0 atom stereocenters. The first-order chi connectivity index (χ1) is 22.7. The maximum Gasteiger partial charge on any atom is 0.0992 e. The van der Waals surface area contributed by atoms with Gasteiger partial charge in [0.1, 0.15) is 0 Å². The van der Waals surface area contributed by atoms with Crippen LogP contribution in [-0.4, -0.2) is 9.97 Å². The molecule has 0 aliphatic carbocycles.